The van der Waals surface area contributed by atoms with Gasteiger partial charge in [-0.25, -0.2) is 0 Å². The summed E-state index contributed by atoms with van der Waals surface area (Å²) in [7, 11) is 1.65. The summed E-state index contributed by atoms with van der Waals surface area (Å²) in [6.07, 6.45) is 0. The van der Waals surface area contributed by atoms with Crippen LogP contribution in [-0.2, 0) is 16.1 Å². The topological polar surface area (TPSA) is 92.9 Å². The molecule has 1 aliphatic heterocycles. The van der Waals surface area contributed by atoms with Crippen LogP contribution in [0, 0.1) is 21.8 Å². The molecule has 0 bridgehead atoms. The third-order valence-electron chi connectivity index (χ3n) is 3.61. The second-order valence-corrected chi connectivity index (χ2v) is 4.97. The number of nitrogens with zero attached hydrogens (tertiary/aromatic N) is 2. The number of carbonyl (C=O) groups is 1. The first-order chi connectivity index (χ1) is 9.91. The molecule has 0 spiro atoms. The molecular weight excluding hydrogens is 283 g/mol. The number of carboxylic acids is 1. The fourth-order valence-electron chi connectivity index (χ4n) is 2.43. The van der Waals surface area contributed by atoms with Crippen molar-refractivity contribution in [2.24, 2.45) is 5.92 Å². The zero-order chi connectivity index (χ0) is 15.6. The molecule has 0 saturated carbocycles. The van der Waals surface area contributed by atoms with Gasteiger partial charge in [-0.15, -0.1) is 0 Å². The summed E-state index contributed by atoms with van der Waals surface area (Å²) < 4.78 is 19.2. The highest BCUT2D eigenvalue weighted by Crippen LogP contribution is 2.24. The Hall–Kier alpha value is -2.06. The van der Waals surface area contributed by atoms with E-state index < -0.39 is 28.3 Å². The molecule has 2 unspecified atom stereocenters. The molecule has 1 N–H and O–H groups in total. The Morgan fingerprint density at radius 3 is 2.90 bits per heavy atom. The number of hydrogen-bond acceptors (Lipinski definition) is 5. The molecule has 2 rings (SSSR count). The first-order valence-corrected chi connectivity index (χ1v) is 6.34. The second-order valence-electron chi connectivity index (χ2n) is 4.97. The number of likely N-dealkylation sites (N-methyl/N-ethyl adjacent to an activating group) is 1. The van der Waals surface area contributed by atoms with Gasteiger partial charge in [-0.05, 0) is 7.05 Å². The molecule has 21 heavy (non-hydrogen) atoms. The van der Waals surface area contributed by atoms with Gasteiger partial charge in [0.2, 0.25) is 5.82 Å². The molecule has 0 radical (unpaired) electrons. The predicted octanol–water partition coefficient (Wildman–Crippen LogP) is 1.27. The third-order valence-corrected chi connectivity index (χ3v) is 3.61. The van der Waals surface area contributed by atoms with Gasteiger partial charge in [0.1, 0.15) is 0 Å². The van der Waals surface area contributed by atoms with Crippen LogP contribution in [0.1, 0.15) is 5.56 Å². The van der Waals surface area contributed by atoms with E-state index in [9.17, 15) is 19.3 Å². The number of carboxylic acid groups (broad SMARTS) is 1. The number of aliphatic carboxylic acids is 1. The normalized spacial score (nSPS) is 21.7. The standard InChI is InChI=1S/C13H15FN2O5/c1-15(11-7-21-6-9(11)13(17)18)5-8-3-2-4-10(12(8)14)16(19)20/h2-4,9,11H,5-7H2,1H3,(H,17,18). The number of hydrogen-bond donors (Lipinski definition) is 1. The minimum Gasteiger partial charge on any atom is -0.481 e. The van der Waals surface area contributed by atoms with Crippen LogP contribution >= 0.6 is 0 Å². The highest BCUT2D eigenvalue weighted by Gasteiger charge is 2.37. The number of ether oxygens (including phenoxy) is 1. The molecule has 1 aromatic rings. The van der Waals surface area contributed by atoms with Gasteiger partial charge in [-0.3, -0.25) is 19.8 Å². The van der Waals surface area contributed by atoms with Gasteiger partial charge in [0.25, 0.3) is 0 Å². The van der Waals surface area contributed by atoms with Gasteiger partial charge >= 0.3 is 11.7 Å². The van der Waals surface area contributed by atoms with Crippen LogP contribution in [0.2, 0.25) is 0 Å². The van der Waals surface area contributed by atoms with Gasteiger partial charge in [-0.2, -0.15) is 4.39 Å². The Balaban J connectivity index is 2.16. The lowest BCUT2D eigenvalue weighted by atomic mass is 10.0. The van der Waals surface area contributed by atoms with E-state index in [0.717, 1.165) is 6.07 Å². The van der Waals surface area contributed by atoms with E-state index in [4.69, 9.17) is 9.84 Å². The monoisotopic (exact) mass is 298 g/mol. The number of nitro benzene ring substituents is 1. The van der Waals surface area contributed by atoms with Crippen molar-refractivity contribution in [3.8, 4) is 0 Å². The van der Waals surface area contributed by atoms with E-state index in [-0.39, 0.29) is 31.4 Å². The smallest absolute Gasteiger partial charge is 0.310 e. The summed E-state index contributed by atoms with van der Waals surface area (Å²) in [5.41, 5.74) is -0.430. The Morgan fingerprint density at radius 1 is 1.57 bits per heavy atom. The summed E-state index contributed by atoms with van der Waals surface area (Å²) in [6, 6.07) is 3.56. The summed E-state index contributed by atoms with van der Waals surface area (Å²) in [6.45, 7) is 0.428. The molecule has 7 nitrogen and oxygen atoms in total. The number of benzene rings is 1. The van der Waals surface area contributed by atoms with Gasteiger partial charge in [0.15, 0.2) is 0 Å². The van der Waals surface area contributed by atoms with Crippen LogP contribution in [0.3, 0.4) is 0 Å². The van der Waals surface area contributed by atoms with Crippen molar-refractivity contribution < 1.29 is 24.0 Å². The largest absolute Gasteiger partial charge is 0.481 e. The lowest BCUT2D eigenvalue weighted by molar-refractivity contribution is -0.387. The van der Waals surface area contributed by atoms with Gasteiger partial charge in [-0.1, -0.05) is 12.1 Å². The Labute approximate surface area is 120 Å². The number of nitro groups is 1. The fourth-order valence-corrected chi connectivity index (χ4v) is 2.43. The van der Waals surface area contributed by atoms with Crippen LogP contribution in [0.4, 0.5) is 10.1 Å². The lowest BCUT2D eigenvalue weighted by Crippen LogP contribution is -2.40. The van der Waals surface area contributed by atoms with Crippen molar-refractivity contribution in [1.82, 2.24) is 4.90 Å². The quantitative estimate of drug-likeness (QED) is 0.650. The maximum absolute atomic E-state index is 14.0. The first kappa shape index (κ1) is 15.3. The van der Waals surface area contributed by atoms with Crippen LogP contribution in [-0.4, -0.2) is 47.2 Å². The van der Waals surface area contributed by atoms with E-state index in [1.54, 1.807) is 11.9 Å². The predicted molar refractivity (Wildman–Crippen MR) is 70.3 cm³/mol. The molecule has 0 amide bonds. The summed E-state index contributed by atoms with van der Waals surface area (Å²) in [5.74, 6) is -2.54. The zero-order valence-corrected chi connectivity index (χ0v) is 11.4. The molecule has 1 heterocycles. The minimum absolute atomic E-state index is 0.0747. The Bertz CT molecular complexity index is 565. The maximum atomic E-state index is 14.0. The van der Waals surface area contributed by atoms with Crippen molar-refractivity contribution >= 4 is 11.7 Å². The first-order valence-electron chi connectivity index (χ1n) is 6.34. The van der Waals surface area contributed by atoms with Crippen molar-refractivity contribution in [1.29, 1.82) is 0 Å². The zero-order valence-electron chi connectivity index (χ0n) is 11.4. The summed E-state index contributed by atoms with van der Waals surface area (Å²) in [5, 5.41) is 19.8. The highest BCUT2D eigenvalue weighted by atomic mass is 19.1. The molecule has 2 atom stereocenters. The van der Waals surface area contributed by atoms with E-state index in [1.165, 1.54) is 12.1 Å². The van der Waals surface area contributed by atoms with Crippen LogP contribution in [0.15, 0.2) is 18.2 Å². The molecule has 0 aromatic heterocycles. The lowest BCUT2D eigenvalue weighted by Gasteiger charge is -2.26. The van der Waals surface area contributed by atoms with Gasteiger partial charge < -0.3 is 9.84 Å². The van der Waals surface area contributed by atoms with Gasteiger partial charge in [0.05, 0.1) is 24.1 Å². The van der Waals surface area contributed by atoms with Crippen LogP contribution in [0.25, 0.3) is 0 Å². The van der Waals surface area contributed by atoms with Crippen molar-refractivity contribution in [2.45, 2.75) is 12.6 Å². The second kappa shape index (κ2) is 6.15. The average molecular weight is 298 g/mol. The third kappa shape index (κ3) is 3.17. The van der Waals surface area contributed by atoms with E-state index >= 15 is 0 Å². The summed E-state index contributed by atoms with van der Waals surface area (Å²) >= 11 is 0. The highest BCUT2D eigenvalue weighted by molar-refractivity contribution is 5.71. The van der Waals surface area contributed by atoms with Crippen molar-refractivity contribution in [3.05, 3.63) is 39.7 Å². The van der Waals surface area contributed by atoms with E-state index in [2.05, 4.69) is 0 Å². The van der Waals surface area contributed by atoms with E-state index in [0.29, 0.717) is 0 Å². The van der Waals surface area contributed by atoms with Gasteiger partial charge in [0, 0.05) is 24.2 Å². The number of halogens is 1. The molecule has 114 valence electrons. The van der Waals surface area contributed by atoms with Crippen LogP contribution < -0.4 is 0 Å². The molecule has 8 heteroatoms. The SMILES string of the molecule is CN(Cc1cccc([N+](=O)[O-])c1F)C1COCC1C(=O)O. The molecule has 1 fully saturated rings. The van der Waals surface area contributed by atoms with Crippen molar-refractivity contribution in [3.63, 3.8) is 0 Å². The molecule has 1 aromatic carbocycles. The average Bonchev–Trinajstić information content (AvgIpc) is 2.90. The molecule has 1 aliphatic rings. The Kier molecular flexibility index (Phi) is 4.49. The van der Waals surface area contributed by atoms with Crippen LogP contribution in [0.5, 0.6) is 0 Å². The fraction of sp³-hybridized carbons (Fsp3) is 0.462. The maximum Gasteiger partial charge on any atom is 0.310 e. The molecular formula is C13H15FN2O5. The van der Waals surface area contributed by atoms with Crippen molar-refractivity contribution in [2.75, 3.05) is 20.3 Å². The Morgan fingerprint density at radius 2 is 2.29 bits per heavy atom. The number of rotatable bonds is 5. The molecule has 0 aliphatic carbocycles. The molecule has 1 saturated heterocycles. The summed E-state index contributed by atoms with van der Waals surface area (Å²) in [4.78, 5) is 22.7. The van der Waals surface area contributed by atoms with E-state index in [1.807, 2.05) is 0 Å². The minimum atomic E-state index is -0.969.